The number of benzene rings is 1. The molecule has 5 nitrogen and oxygen atoms in total. The van der Waals surface area contributed by atoms with Crippen molar-refractivity contribution in [1.82, 2.24) is 10.2 Å². The van der Waals surface area contributed by atoms with Gasteiger partial charge in [-0.15, -0.1) is 11.3 Å². The summed E-state index contributed by atoms with van der Waals surface area (Å²) in [5.74, 6) is 0.849. The van der Waals surface area contributed by atoms with E-state index in [0.717, 1.165) is 12.8 Å². The van der Waals surface area contributed by atoms with Crippen molar-refractivity contribution < 1.29 is 14.3 Å². The Kier molecular flexibility index (Phi) is 7.31. The Hall–Kier alpha value is -2.34. The van der Waals surface area contributed by atoms with Gasteiger partial charge in [0.15, 0.2) is 0 Å². The number of thiophene rings is 1. The molecule has 6 heteroatoms. The zero-order valence-corrected chi connectivity index (χ0v) is 18.3. The molecule has 2 amide bonds. The maximum absolute atomic E-state index is 13.1. The van der Waals surface area contributed by atoms with Crippen molar-refractivity contribution in [2.24, 2.45) is 5.92 Å². The van der Waals surface area contributed by atoms with Crippen LogP contribution in [0, 0.1) is 5.92 Å². The lowest BCUT2D eigenvalue weighted by Gasteiger charge is -2.31. The minimum atomic E-state index is -0.507. The van der Waals surface area contributed by atoms with Crippen molar-refractivity contribution in [2.75, 3.05) is 13.2 Å². The van der Waals surface area contributed by atoms with Crippen molar-refractivity contribution in [3.63, 3.8) is 0 Å². The smallest absolute Gasteiger partial charge is 0.252 e. The first-order valence-corrected chi connectivity index (χ1v) is 11.2. The summed E-state index contributed by atoms with van der Waals surface area (Å²) < 4.78 is 5.72. The largest absolute Gasteiger partial charge is 0.493 e. The predicted octanol–water partition coefficient (Wildman–Crippen LogP) is 4.27. The van der Waals surface area contributed by atoms with Gasteiger partial charge in [-0.2, -0.15) is 0 Å². The van der Waals surface area contributed by atoms with Crippen molar-refractivity contribution in [2.45, 2.75) is 52.6 Å². The molecular formula is C23H30N2O3S. The molecule has 2 aromatic rings. The van der Waals surface area contributed by atoms with Crippen LogP contribution in [-0.4, -0.2) is 35.9 Å². The van der Waals surface area contributed by atoms with Crippen molar-refractivity contribution >= 4 is 23.2 Å². The lowest BCUT2D eigenvalue weighted by atomic mass is 10.1. The fourth-order valence-electron chi connectivity index (χ4n) is 3.43. The summed E-state index contributed by atoms with van der Waals surface area (Å²) in [4.78, 5) is 29.2. The average Bonchev–Trinajstić information content (AvgIpc) is 3.19. The lowest BCUT2D eigenvalue weighted by molar-refractivity contribution is -0.134. The van der Waals surface area contributed by atoms with E-state index in [4.69, 9.17) is 4.74 Å². The van der Waals surface area contributed by atoms with Gasteiger partial charge in [-0.25, -0.2) is 0 Å². The Morgan fingerprint density at radius 1 is 1.28 bits per heavy atom. The maximum Gasteiger partial charge on any atom is 0.252 e. The van der Waals surface area contributed by atoms with E-state index in [-0.39, 0.29) is 11.8 Å². The van der Waals surface area contributed by atoms with Gasteiger partial charge in [0, 0.05) is 23.5 Å². The van der Waals surface area contributed by atoms with E-state index in [0.29, 0.717) is 43.3 Å². The van der Waals surface area contributed by atoms with E-state index >= 15 is 0 Å². The first-order valence-electron chi connectivity index (χ1n) is 10.4. The van der Waals surface area contributed by atoms with Crippen LogP contribution < -0.4 is 10.1 Å². The minimum Gasteiger partial charge on any atom is -0.493 e. The molecule has 0 saturated heterocycles. The van der Waals surface area contributed by atoms with Crippen LogP contribution in [0.1, 0.15) is 54.4 Å². The second-order valence-corrected chi connectivity index (χ2v) is 8.93. The standard InChI is InChI=1S/C23H30N2O3S/c1-4-6-20(23(27)25-11-9-21-18(14-25)10-12-29-21)24-22(26)17-7-5-8-19(13-17)28-15-16(2)3/h5,7-8,10,12-13,16,20H,4,6,9,11,14-15H2,1-3H3,(H,24,26). The molecule has 1 N–H and O–H groups in total. The van der Waals surface area contributed by atoms with Gasteiger partial charge in [0.05, 0.1) is 6.61 Å². The first-order chi connectivity index (χ1) is 14.0. The second kappa shape index (κ2) is 9.92. The molecule has 1 unspecified atom stereocenters. The van der Waals surface area contributed by atoms with Crippen molar-refractivity contribution in [1.29, 1.82) is 0 Å². The number of carbonyl (C=O) groups is 2. The molecule has 3 rings (SSSR count). The van der Waals surface area contributed by atoms with Gasteiger partial charge < -0.3 is 15.0 Å². The summed E-state index contributed by atoms with van der Waals surface area (Å²) in [6.45, 7) is 8.13. The molecule has 0 fully saturated rings. The van der Waals surface area contributed by atoms with E-state index in [1.165, 1.54) is 10.4 Å². The molecule has 29 heavy (non-hydrogen) atoms. The van der Waals surface area contributed by atoms with Crippen LogP contribution in [0.25, 0.3) is 0 Å². The SMILES string of the molecule is CCCC(NC(=O)c1cccc(OCC(C)C)c1)C(=O)N1CCc2sccc2C1. The lowest BCUT2D eigenvalue weighted by Crippen LogP contribution is -2.49. The van der Waals surface area contributed by atoms with Crippen molar-refractivity contribution in [3.8, 4) is 5.75 Å². The van der Waals surface area contributed by atoms with E-state index in [2.05, 4.69) is 30.6 Å². The molecule has 0 saturated carbocycles. The van der Waals surface area contributed by atoms with Gasteiger partial charge in [0.1, 0.15) is 11.8 Å². The number of rotatable bonds is 8. The second-order valence-electron chi connectivity index (χ2n) is 7.93. The summed E-state index contributed by atoms with van der Waals surface area (Å²) in [6.07, 6.45) is 2.34. The number of ether oxygens (including phenoxy) is 1. The molecule has 1 aromatic heterocycles. The highest BCUT2D eigenvalue weighted by atomic mass is 32.1. The molecule has 0 aliphatic carbocycles. The van der Waals surface area contributed by atoms with Crippen LogP contribution >= 0.6 is 11.3 Å². The molecule has 0 spiro atoms. The van der Waals surface area contributed by atoms with Crippen LogP contribution in [0.4, 0.5) is 0 Å². The van der Waals surface area contributed by atoms with Gasteiger partial charge in [0.2, 0.25) is 5.91 Å². The Bertz CT molecular complexity index is 846. The number of hydrogen-bond donors (Lipinski definition) is 1. The Morgan fingerprint density at radius 2 is 2.10 bits per heavy atom. The first kappa shape index (κ1) is 21.4. The number of fused-ring (bicyclic) bond motifs is 1. The third-order valence-corrected chi connectivity index (χ3v) is 6.00. The number of amides is 2. The van der Waals surface area contributed by atoms with Gasteiger partial charge in [-0.3, -0.25) is 9.59 Å². The zero-order chi connectivity index (χ0) is 20.8. The van der Waals surface area contributed by atoms with E-state index in [1.807, 2.05) is 24.0 Å². The normalized spacial score (nSPS) is 14.4. The monoisotopic (exact) mass is 414 g/mol. The Morgan fingerprint density at radius 3 is 2.86 bits per heavy atom. The van der Waals surface area contributed by atoms with Gasteiger partial charge in [-0.05, 0) is 54.0 Å². The number of nitrogens with one attached hydrogen (secondary N) is 1. The Labute approximate surface area is 177 Å². The van der Waals surface area contributed by atoms with Crippen LogP contribution in [0.15, 0.2) is 35.7 Å². The average molecular weight is 415 g/mol. The number of carbonyl (C=O) groups excluding carboxylic acids is 2. The molecule has 1 aliphatic heterocycles. The third kappa shape index (κ3) is 5.60. The maximum atomic E-state index is 13.1. The summed E-state index contributed by atoms with van der Waals surface area (Å²) in [5, 5.41) is 5.04. The molecule has 1 aromatic carbocycles. The fraction of sp³-hybridized carbons (Fsp3) is 0.478. The highest BCUT2D eigenvalue weighted by molar-refractivity contribution is 7.10. The van der Waals surface area contributed by atoms with Gasteiger partial charge >= 0.3 is 0 Å². The molecule has 0 bridgehead atoms. The van der Waals surface area contributed by atoms with Gasteiger partial charge in [0.25, 0.3) is 5.91 Å². The van der Waals surface area contributed by atoms with Crippen LogP contribution in [0.2, 0.25) is 0 Å². The summed E-state index contributed by atoms with van der Waals surface area (Å²) in [7, 11) is 0. The number of hydrogen-bond acceptors (Lipinski definition) is 4. The molecule has 0 radical (unpaired) electrons. The molecule has 2 heterocycles. The van der Waals surface area contributed by atoms with Crippen LogP contribution in [0.3, 0.4) is 0 Å². The third-order valence-electron chi connectivity index (χ3n) is 4.98. The van der Waals surface area contributed by atoms with E-state index in [9.17, 15) is 9.59 Å². The molecular weight excluding hydrogens is 384 g/mol. The molecule has 1 aliphatic rings. The zero-order valence-electron chi connectivity index (χ0n) is 17.4. The summed E-state index contributed by atoms with van der Waals surface area (Å²) in [6, 6.07) is 8.74. The summed E-state index contributed by atoms with van der Waals surface area (Å²) >= 11 is 1.75. The summed E-state index contributed by atoms with van der Waals surface area (Å²) in [5.41, 5.74) is 1.74. The van der Waals surface area contributed by atoms with Crippen LogP contribution in [-0.2, 0) is 17.8 Å². The molecule has 156 valence electrons. The highest BCUT2D eigenvalue weighted by Crippen LogP contribution is 2.25. The fourth-order valence-corrected chi connectivity index (χ4v) is 4.32. The minimum absolute atomic E-state index is 0.00395. The highest BCUT2D eigenvalue weighted by Gasteiger charge is 2.28. The predicted molar refractivity (Wildman–Crippen MR) is 116 cm³/mol. The van der Waals surface area contributed by atoms with Crippen molar-refractivity contribution in [3.05, 3.63) is 51.7 Å². The number of nitrogens with zero attached hydrogens (tertiary/aromatic N) is 1. The van der Waals surface area contributed by atoms with Crippen LogP contribution in [0.5, 0.6) is 5.75 Å². The van der Waals surface area contributed by atoms with E-state index < -0.39 is 6.04 Å². The topological polar surface area (TPSA) is 58.6 Å². The van der Waals surface area contributed by atoms with Gasteiger partial charge in [-0.1, -0.05) is 33.3 Å². The molecule has 1 atom stereocenters. The quantitative estimate of drug-likeness (QED) is 0.702. The Balaban J connectivity index is 1.66. The van der Waals surface area contributed by atoms with E-state index in [1.54, 1.807) is 23.5 Å².